The maximum atomic E-state index is 13.5. The van der Waals surface area contributed by atoms with Crippen molar-refractivity contribution in [1.82, 2.24) is 0 Å². The molecular formula is C18H15F2NO5. The van der Waals surface area contributed by atoms with E-state index in [1.165, 1.54) is 24.3 Å². The second-order valence-electron chi connectivity index (χ2n) is 5.96. The van der Waals surface area contributed by atoms with Gasteiger partial charge in [-0.15, -0.1) is 0 Å². The fourth-order valence-electron chi connectivity index (χ4n) is 3.02. The number of nitro groups is 1. The van der Waals surface area contributed by atoms with Gasteiger partial charge in [-0.25, -0.2) is 8.78 Å². The Hall–Kier alpha value is -2.87. The van der Waals surface area contributed by atoms with Crippen LogP contribution in [0.5, 0.6) is 5.75 Å². The third kappa shape index (κ3) is 3.41. The molecule has 1 aliphatic rings. The fraction of sp³-hybridized carbons (Fsp3) is 0.278. The molecule has 0 atom stereocenters. The molecule has 6 nitrogen and oxygen atoms in total. The molecule has 0 unspecified atom stereocenters. The molecule has 1 saturated heterocycles. The number of nitrogens with zero attached hydrogens (tertiary/aromatic N) is 1. The molecule has 0 saturated carbocycles. The van der Waals surface area contributed by atoms with Crippen molar-refractivity contribution in [2.75, 3.05) is 13.2 Å². The van der Waals surface area contributed by atoms with Crippen LogP contribution in [0.4, 0.5) is 14.5 Å². The quantitative estimate of drug-likeness (QED) is 0.359. The molecule has 0 radical (unpaired) electrons. The average Bonchev–Trinajstić information content (AvgIpc) is 2.62. The Morgan fingerprint density at radius 2 is 1.69 bits per heavy atom. The van der Waals surface area contributed by atoms with Gasteiger partial charge in [0.1, 0.15) is 11.6 Å². The molecule has 136 valence electrons. The molecule has 0 aliphatic carbocycles. The number of rotatable bonds is 4. The lowest BCUT2D eigenvalue weighted by molar-refractivity contribution is -0.385. The van der Waals surface area contributed by atoms with Gasteiger partial charge in [-0.2, -0.15) is 0 Å². The summed E-state index contributed by atoms with van der Waals surface area (Å²) >= 11 is 0. The Kier molecular flexibility index (Phi) is 4.94. The molecule has 3 rings (SSSR count). The van der Waals surface area contributed by atoms with Gasteiger partial charge in [-0.3, -0.25) is 14.9 Å². The van der Waals surface area contributed by atoms with Crippen molar-refractivity contribution < 1.29 is 28.0 Å². The first-order valence-electron chi connectivity index (χ1n) is 7.92. The van der Waals surface area contributed by atoms with Crippen LogP contribution in [0.15, 0.2) is 42.5 Å². The summed E-state index contributed by atoms with van der Waals surface area (Å²) in [6, 6.07) is 8.05. The summed E-state index contributed by atoms with van der Waals surface area (Å²) in [6.07, 6.45) is 0.529. The van der Waals surface area contributed by atoms with Crippen LogP contribution in [0.25, 0.3) is 0 Å². The Morgan fingerprint density at radius 3 is 2.31 bits per heavy atom. The average molecular weight is 363 g/mol. The number of hydrogen-bond donors (Lipinski definition) is 0. The first kappa shape index (κ1) is 17.9. The highest BCUT2D eigenvalue weighted by Gasteiger charge is 2.44. The summed E-state index contributed by atoms with van der Waals surface area (Å²) in [6.45, 7) is 0.551. The summed E-state index contributed by atoms with van der Waals surface area (Å²) in [7, 11) is 0. The first-order valence-corrected chi connectivity index (χ1v) is 7.92. The maximum Gasteiger partial charge on any atom is 0.322 e. The minimum absolute atomic E-state index is 0.264. The summed E-state index contributed by atoms with van der Waals surface area (Å²) in [5, 5.41) is 11.1. The van der Waals surface area contributed by atoms with Crippen molar-refractivity contribution in [2.24, 2.45) is 0 Å². The lowest BCUT2D eigenvalue weighted by Crippen LogP contribution is -2.44. The van der Waals surface area contributed by atoms with Crippen molar-refractivity contribution in [3.8, 4) is 5.75 Å². The van der Waals surface area contributed by atoms with E-state index >= 15 is 0 Å². The number of benzene rings is 2. The summed E-state index contributed by atoms with van der Waals surface area (Å²) < 4.78 is 37.3. The van der Waals surface area contributed by atoms with Gasteiger partial charge in [0.2, 0.25) is 5.75 Å². The molecule has 0 N–H and O–H groups in total. The van der Waals surface area contributed by atoms with E-state index in [-0.39, 0.29) is 26.1 Å². The molecular weight excluding hydrogens is 348 g/mol. The third-order valence-electron chi connectivity index (χ3n) is 4.46. The fourth-order valence-corrected chi connectivity index (χ4v) is 3.02. The molecule has 0 amide bonds. The number of esters is 1. The minimum Gasteiger partial charge on any atom is -0.418 e. The Morgan fingerprint density at radius 1 is 1.08 bits per heavy atom. The number of halogens is 2. The van der Waals surface area contributed by atoms with E-state index in [1.807, 2.05) is 0 Å². The van der Waals surface area contributed by atoms with Crippen molar-refractivity contribution in [1.29, 1.82) is 0 Å². The Labute approximate surface area is 147 Å². The van der Waals surface area contributed by atoms with Gasteiger partial charge in [0.25, 0.3) is 0 Å². The lowest BCUT2D eigenvalue weighted by atomic mass is 9.74. The number of carbonyl (C=O) groups excluding carboxylic acids is 1. The van der Waals surface area contributed by atoms with Crippen molar-refractivity contribution in [3.05, 3.63) is 69.8 Å². The molecule has 2 aromatic carbocycles. The molecule has 0 aromatic heterocycles. The second kappa shape index (κ2) is 7.17. The third-order valence-corrected chi connectivity index (χ3v) is 4.46. The highest BCUT2D eigenvalue weighted by atomic mass is 19.1. The van der Waals surface area contributed by atoms with Crippen LogP contribution in [-0.2, 0) is 14.9 Å². The summed E-state index contributed by atoms with van der Waals surface area (Å²) in [4.78, 5) is 23.3. The van der Waals surface area contributed by atoms with Gasteiger partial charge in [-0.1, -0.05) is 12.1 Å². The van der Waals surface area contributed by atoms with Crippen LogP contribution in [0.2, 0.25) is 0 Å². The standard InChI is InChI=1S/C18H15F2NO5/c19-13-3-1-12(2-4-13)18(7-9-25-10-8-18)17(22)26-16-11-14(20)5-6-15(16)21(23)24/h1-6,11H,7-10H2. The van der Waals surface area contributed by atoms with Crippen LogP contribution >= 0.6 is 0 Å². The monoisotopic (exact) mass is 363 g/mol. The van der Waals surface area contributed by atoms with Gasteiger partial charge in [0.05, 0.1) is 10.3 Å². The predicted molar refractivity (Wildman–Crippen MR) is 86.8 cm³/mol. The zero-order valence-corrected chi connectivity index (χ0v) is 13.6. The van der Waals surface area contributed by atoms with Crippen LogP contribution in [0.3, 0.4) is 0 Å². The van der Waals surface area contributed by atoms with Crippen molar-refractivity contribution >= 4 is 11.7 Å². The number of hydrogen-bond acceptors (Lipinski definition) is 5. The van der Waals surface area contributed by atoms with E-state index in [0.717, 1.165) is 18.2 Å². The number of nitro benzene ring substituents is 1. The normalized spacial score (nSPS) is 16.1. The smallest absolute Gasteiger partial charge is 0.322 e. The largest absolute Gasteiger partial charge is 0.418 e. The van der Waals surface area contributed by atoms with Gasteiger partial charge in [0, 0.05) is 25.3 Å². The van der Waals surface area contributed by atoms with E-state index in [0.29, 0.717) is 5.56 Å². The molecule has 1 fully saturated rings. The van der Waals surface area contributed by atoms with Crippen LogP contribution in [0.1, 0.15) is 18.4 Å². The van der Waals surface area contributed by atoms with Crippen molar-refractivity contribution in [3.63, 3.8) is 0 Å². The maximum absolute atomic E-state index is 13.5. The molecule has 1 heterocycles. The molecule has 26 heavy (non-hydrogen) atoms. The number of carbonyl (C=O) groups is 1. The van der Waals surface area contributed by atoms with Gasteiger partial charge in [0.15, 0.2) is 0 Å². The second-order valence-corrected chi connectivity index (χ2v) is 5.96. The van der Waals surface area contributed by atoms with Crippen molar-refractivity contribution in [2.45, 2.75) is 18.3 Å². The summed E-state index contributed by atoms with van der Waals surface area (Å²) in [5.41, 5.74) is -1.14. The van der Waals surface area contributed by atoms with E-state index in [9.17, 15) is 23.7 Å². The number of ether oxygens (including phenoxy) is 2. The van der Waals surface area contributed by atoms with E-state index in [1.54, 1.807) is 0 Å². The van der Waals surface area contributed by atoms with E-state index in [2.05, 4.69) is 0 Å². The van der Waals surface area contributed by atoms with Gasteiger partial charge >= 0.3 is 11.7 Å². The van der Waals surface area contributed by atoms with E-state index in [4.69, 9.17) is 9.47 Å². The Bertz CT molecular complexity index is 832. The molecule has 1 aliphatic heterocycles. The van der Waals surface area contributed by atoms with E-state index < -0.39 is 39.4 Å². The molecule has 8 heteroatoms. The highest BCUT2D eigenvalue weighted by molar-refractivity contribution is 5.86. The topological polar surface area (TPSA) is 78.7 Å². The van der Waals surface area contributed by atoms with Gasteiger partial charge in [-0.05, 0) is 36.6 Å². The van der Waals surface area contributed by atoms with Crippen LogP contribution < -0.4 is 4.74 Å². The molecule has 0 bridgehead atoms. The predicted octanol–water partition coefficient (Wildman–Crippen LogP) is 3.53. The summed E-state index contributed by atoms with van der Waals surface area (Å²) in [5.74, 6) is -2.44. The highest BCUT2D eigenvalue weighted by Crippen LogP contribution is 2.38. The SMILES string of the molecule is O=C(Oc1cc(F)ccc1[N+](=O)[O-])C1(c2ccc(F)cc2)CCOCC1. The molecule has 2 aromatic rings. The first-order chi connectivity index (χ1) is 12.4. The van der Waals surface area contributed by atoms with Crippen LogP contribution in [0, 0.1) is 21.7 Å². The molecule has 0 spiro atoms. The van der Waals surface area contributed by atoms with Crippen LogP contribution in [-0.4, -0.2) is 24.1 Å². The zero-order valence-electron chi connectivity index (χ0n) is 13.6. The van der Waals surface area contributed by atoms with Gasteiger partial charge < -0.3 is 9.47 Å². The minimum atomic E-state index is -1.15. The lowest BCUT2D eigenvalue weighted by Gasteiger charge is -2.35. The zero-order chi connectivity index (χ0) is 18.7. The Balaban J connectivity index is 1.98.